The van der Waals surface area contributed by atoms with Crippen molar-refractivity contribution >= 4 is 80.6 Å². The smallest absolute Gasteiger partial charge is 0.229 e. The number of benzene rings is 3. The highest BCUT2D eigenvalue weighted by Crippen LogP contribution is 2.28. The minimum atomic E-state index is 0.295. The number of nitrogens with one attached hydrogen (secondary N) is 4. The molecule has 4 N–H and O–H groups in total. The minimum Gasteiger partial charge on any atom is -0.364 e. The number of anilines is 6. The first-order chi connectivity index (χ1) is 37.5. The SMILES string of the molecule is CC(C)n1cnc2c(NCc3ccccc3)nc(N(C)C)nc21.CC(C)n1cnc2c(NCc3ccccc3)nc(N3CCSCC3)nc21.CCCCCCCNc1nc(NCc2ccccc2)c2ncn(C(C)C)c2n1. The van der Waals surface area contributed by atoms with Crippen LogP contribution in [0.3, 0.4) is 0 Å². The number of rotatable bonds is 21. The fourth-order valence-corrected chi connectivity index (χ4v) is 9.59. The van der Waals surface area contributed by atoms with Gasteiger partial charge in [-0.15, -0.1) is 0 Å². The highest BCUT2D eigenvalue weighted by molar-refractivity contribution is 7.99. The van der Waals surface area contributed by atoms with E-state index in [1.165, 1.54) is 42.4 Å². The molecule has 0 spiro atoms. The quantitative estimate of drug-likeness (QED) is 0.0498. The Morgan fingerprint density at radius 2 is 0.922 bits per heavy atom. The molecule has 9 aromatic rings. The number of thioether (sulfide) groups is 1. The van der Waals surface area contributed by atoms with Crippen molar-refractivity contribution in [2.75, 3.05) is 76.3 Å². The van der Waals surface area contributed by atoms with Crippen LogP contribution in [-0.4, -0.2) is 104 Å². The first-order valence-electron chi connectivity index (χ1n) is 27.3. The maximum Gasteiger partial charge on any atom is 0.229 e. The monoisotopic (exact) mass is 1060 g/mol. The third-order valence-electron chi connectivity index (χ3n) is 13.1. The van der Waals surface area contributed by atoms with E-state index in [4.69, 9.17) is 19.9 Å². The van der Waals surface area contributed by atoms with E-state index in [-0.39, 0.29) is 0 Å². The highest BCUT2D eigenvalue weighted by atomic mass is 32.2. The molecule has 0 atom stereocenters. The second-order valence-corrected chi connectivity index (χ2v) is 21.5. The summed E-state index contributed by atoms with van der Waals surface area (Å²) in [6.45, 7) is 20.1. The molecule has 0 unspecified atom stereocenters. The number of imidazole rings is 3. The zero-order chi connectivity index (χ0) is 54.1. The average Bonchev–Trinajstić information content (AvgIpc) is 4.23. The van der Waals surface area contributed by atoms with Crippen LogP contribution in [0.4, 0.5) is 35.3 Å². The van der Waals surface area contributed by atoms with Gasteiger partial charge in [0.05, 0.1) is 19.0 Å². The molecule has 0 saturated carbocycles. The minimum absolute atomic E-state index is 0.295. The molecule has 0 aliphatic carbocycles. The van der Waals surface area contributed by atoms with Crippen LogP contribution in [0, 0.1) is 0 Å². The van der Waals surface area contributed by atoms with Crippen LogP contribution < -0.4 is 31.1 Å². The van der Waals surface area contributed by atoms with Crippen LogP contribution in [-0.2, 0) is 19.6 Å². The van der Waals surface area contributed by atoms with Crippen LogP contribution in [0.2, 0.25) is 0 Å². The van der Waals surface area contributed by atoms with Gasteiger partial charge in [-0.1, -0.05) is 124 Å². The fraction of sp³-hybridized carbons (Fsp3) is 0.431. The summed E-state index contributed by atoms with van der Waals surface area (Å²) >= 11 is 1.99. The summed E-state index contributed by atoms with van der Waals surface area (Å²) in [5.74, 6) is 6.75. The van der Waals surface area contributed by atoms with Crippen LogP contribution in [0.5, 0.6) is 0 Å². The van der Waals surface area contributed by atoms with Gasteiger partial charge in [0.1, 0.15) is 0 Å². The van der Waals surface area contributed by atoms with Crippen molar-refractivity contribution in [3.05, 3.63) is 127 Å². The normalized spacial score (nSPS) is 12.5. The second-order valence-electron chi connectivity index (χ2n) is 20.2. The number of nitrogens with zero attached hydrogens (tertiary/aromatic N) is 14. The summed E-state index contributed by atoms with van der Waals surface area (Å²) in [6, 6.07) is 31.8. The van der Waals surface area contributed by atoms with E-state index in [9.17, 15) is 0 Å². The van der Waals surface area contributed by atoms with Gasteiger partial charge in [0.2, 0.25) is 17.8 Å². The van der Waals surface area contributed by atoms with Gasteiger partial charge in [0.25, 0.3) is 0 Å². The third kappa shape index (κ3) is 14.9. The zero-order valence-electron chi connectivity index (χ0n) is 46.5. The van der Waals surface area contributed by atoms with Crippen molar-refractivity contribution in [3.63, 3.8) is 0 Å². The van der Waals surface area contributed by atoms with Crippen molar-refractivity contribution in [1.82, 2.24) is 58.6 Å². The maximum absolute atomic E-state index is 4.86. The molecule has 406 valence electrons. The van der Waals surface area contributed by atoms with Crippen molar-refractivity contribution in [3.8, 4) is 0 Å². The van der Waals surface area contributed by atoms with E-state index >= 15 is 0 Å². The molecule has 1 saturated heterocycles. The summed E-state index contributed by atoms with van der Waals surface area (Å²) in [4.78, 5) is 46.3. The summed E-state index contributed by atoms with van der Waals surface area (Å²) in [7, 11) is 3.89. The molecule has 7 heterocycles. The van der Waals surface area contributed by atoms with Crippen LogP contribution in [0.15, 0.2) is 110 Å². The summed E-state index contributed by atoms with van der Waals surface area (Å²) in [5, 5.41) is 13.7. The number of aromatic nitrogens is 12. The lowest BCUT2D eigenvalue weighted by Crippen LogP contribution is -2.34. The maximum atomic E-state index is 4.86. The third-order valence-corrected chi connectivity index (χ3v) is 14.0. The Labute approximate surface area is 458 Å². The number of fused-ring (bicyclic) bond motifs is 3. The molecule has 1 aliphatic heterocycles. The Bertz CT molecular complexity index is 3200. The Morgan fingerprint density at radius 1 is 0.494 bits per heavy atom. The molecule has 3 aromatic carbocycles. The van der Waals surface area contributed by atoms with Gasteiger partial charge in [-0.2, -0.15) is 41.7 Å². The molecule has 1 fully saturated rings. The summed E-state index contributed by atoms with van der Waals surface area (Å²) in [6.07, 6.45) is 11.8. The van der Waals surface area contributed by atoms with Gasteiger partial charge in [0.15, 0.2) is 50.9 Å². The molecule has 18 nitrogen and oxygen atoms in total. The molecular weight excluding hydrogens is 981 g/mol. The average molecular weight is 1060 g/mol. The molecule has 77 heavy (non-hydrogen) atoms. The molecule has 19 heteroatoms. The van der Waals surface area contributed by atoms with E-state index in [1.54, 1.807) is 0 Å². The van der Waals surface area contributed by atoms with Gasteiger partial charge in [-0.3, -0.25) is 0 Å². The molecule has 6 aromatic heterocycles. The predicted molar refractivity (Wildman–Crippen MR) is 320 cm³/mol. The van der Waals surface area contributed by atoms with E-state index in [0.717, 1.165) is 101 Å². The van der Waals surface area contributed by atoms with E-state index in [2.05, 4.69) is 162 Å². The lowest BCUT2D eigenvalue weighted by atomic mass is 10.1. The van der Waals surface area contributed by atoms with Crippen molar-refractivity contribution in [1.29, 1.82) is 0 Å². The first kappa shape index (κ1) is 55.7. The Morgan fingerprint density at radius 3 is 1.38 bits per heavy atom. The van der Waals surface area contributed by atoms with Crippen LogP contribution in [0.1, 0.15) is 115 Å². The Balaban J connectivity index is 0.000000153. The number of unbranched alkanes of at least 4 members (excludes halogenated alkanes) is 4. The highest BCUT2D eigenvalue weighted by Gasteiger charge is 2.21. The Hall–Kier alpha value is -7.54. The predicted octanol–water partition coefficient (Wildman–Crippen LogP) is 12.1. The molecule has 0 radical (unpaired) electrons. The lowest BCUT2D eigenvalue weighted by molar-refractivity contribution is 0.612. The fourth-order valence-electron chi connectivity index (χ4n) is 8.69. The van der Waals surface area contributed by atoms with E-state index < -0.39 is 0 Å². The molecular formula is C58H78N18S. The standard InChI is InChI=1S/C22H32N6.C19H24N6S.C17H22N6/c1-4-5-6-7-11-14-23-22-26-20(24-15-18-12-9-8-10-13-18)19-21(27-22)28(16-25-19)17(2)3;1-14(2)25-13-21-16-17(20-12-15-6-4-3-5-7-15)22-19(23-18(16)25)24-8-10-26-11-9-24;1-12(2)23-11-19-14-15(18-10-13-8-6-5-7-9-13)20-17(22(3)4)21-16(14)23/h8-10,12-13,16-17H,4-7,11,14-15H2,1-3H3,(H2,23,24,26,27);3-7,13-14H,8-12H2,1-2H3,(H,20,22,23);5-9,11-12H,10H2,1-4H3,(H,18,20,21). The van der Waals surface area contributed by atoms with E-state index in [1.807, 2.05) is 92.2 Å². The number of hydrogen-bond donors (Lipinski definition) is 4. The molecule has 1 aliphatic rings. The summed E-state index contributed by atoms with van der Waals surface area (Å²) < 4.78 is 6.28. The Kier molecular flexibility index (Phi) is 19.9. The molecule has 0 amide bonds. The first-order valence-corrected chi connectivity index (χ1v) is 28.4. The van der Waals surface area contributed by atoms with Crippen LogP contribution in [0.25, 0.3) is 33.5 Å². The molecule has 10 rings (SSSR count). The van der Waals surface area contributed by atoms with Gasteiger partial charge in [0, 0.05) is 83.0 Å². The van der Waals surface area contributed by atoms with Gasteiger partial charge >= 0.3 is 0 Å². The second kappa shape index (κ2) is 27.5. The topological polar surface area (TPSA) is 185 Å². The summed E-state index contributed by atoms with van der Waals surface area (Å²) in [5.41, 5.74) is 8.72. The number of hydrogen-bond acceptors (Lipinski definition) is 16. The van der Waals surface area contributed by atoms with Crippen LogP contribution >= 0.6 is 11.8 Å². The van der Waals surface area contributed by atoms with Crippen molar-refractivity contribution < 1.29 is 0 Å². The van der Waals surface area contributed by atoms with E-state index in [0.29, 0.717) is 43.1 Å². The lowest BCUT2D eigenvalue weighted by Gasteiger charge is -2.26. The van der Waals surface area contributed by atoms with Crippen molar-refractivity contribution in [2.45, 2.75) is 118 Å². The van der Waals surface area contributed by atoms with Crippen molar-refractivity contribution in [2.24, 2.45) is 0 Å². The molecule has 0 bridgehead atoms. The van der Waals surface area contributed by atoms with Gasteiger partial charge < -0.3 is 44.8 Å². The largest absolute Gasteiger partial charge is 0.364 e. The zero-order valence-corrected chi connectivity index (χ0v) is 47.3. The van der Waals surface area contributed by atoms with Gasteiger partial charge in [-0.05, 0) is 64.7 Å². The van der Waals surface area contributed by atoms with Gasteiger partial charge in [-0.25, -0.2) is 15.0 Å².